The monoisotopic (exact) mass is 656 g/mol. The summed E-state index contributed by atoms with van der Waals surface area (Å²) >= 11 is 8.28. The number of nitrogens with one attached hydrogen (secondary N) is 1. The SMILES string of the molecule is COc1cccc(OC)c1-c1nn(-c2ccc(C)cc2C)c2c1[C@@H](c1ccccc1Cl)SCC(=O)N2CC(=O)NCc1ccco1. The molecule has 1 atom stereocenters. The molecule has 0 radical (unpaired) electrons. The third-order valence-electron chi connectivity index (χ3n) is 7.86. The van der Waals surface area contributed by atoms with Gasteiger partial charge in [0.05, 0.1) is 49.3 Å². The van der Waals surface area contributed by atoms with Crippen molar-refractivity contribution in [1.82, 2.24) is 15.1 Å². The zero-order valence-electron chi connectivity index (χ0n) is 25.9. The first-order valence-electron chi connectivity index (χ1n) is 14.7. The lowest BCUT2D eigenvalue weighted by Crippen LogP contribution is -2.42. The minimum Gasteiger partial charge on any atom is -0.496 e. The van der Waals surface area contributed by atoms with Crippen molar-refractivity contribution in [2.24, 2.45) is 0 Å². The predicted octanol–water partition coefficient (Wildman–Crippen LogP) is 6.91. The van der Waals surface area contributed by atoms with Gasteiger partial charge in [-0.3, -0.25) is 14.5 Å². The number of fused-ring (bicyclic) bond motifs is 1. The van der Waals surface area contributed by atoms with Gasteiger partial charge in [-0.05, 0) is 61.4 Å². The molecule has 0 unspecified atom stereocenters. The number of carbonyl (C=O) groups excluding carboxylic acids is 2. The summed E-state index contributed by atoms with van der Waals surface area (Å²) in [6, 6.07) is 22.7. The molecule has 6 rings (SSSR count). The third-order valence-corrected chi connectivity index (χ3v) is 9.44. The molecule has 1 N–H and O–H groups in total. The van der Waals surface area contributed by atoms with Crippen molar-refractivity contribution in [3.63, 3.8) is 0 Å². The largest absolute Gasteiger partial charge is 0.496 e. The molecule has 1 aliphatic rings. The smallest absolute Gasteiger partial charge is 0.240 e. The Morgan fingerprint density at radius 3 is 2.48 bits per heavy atom. The molecule has 46 heavy (non-hydrogen) atoms. The average Bonchev–Trinajstić information content (AvgIpc) is 3.68. The number of nitrogens with zero attached hydrogens (tertiary/aromatic N) is 3. The predicted molar refractivity (Wildman–Crippen MR) is 180 cm³/mol. The van der Waals surface area contributed by atoms with Gasteiger partial charge in [0, 0.05) is 10.6 Å². The number of hydrogen-bond acceptors (Lipinski definition) is 7. The molecular formula is C35H33ClN4O5S. The number of furan rings is 1. The Morgan fingerprint density at radius 1 is 1.04 bits per heavy atom. The van der Waals surface area contributed by atoms with Crippen LogP contribution in [0.2, 0.25) is 5.02 Å². The van der Waals surface area contributed by atoms with Gasteiger partial charge in [0.2, 0.25) is 11.8 Å². The molecule has 0 fully saturated rings. The van der Waals surface area contributed by atoms with Crippen LogP contribution >= 0.6 is 23.4 Å². The summed E-state index contributed by atoms with van der Waals surface area (Å²) < 4.78 is 18.9. The number of aromatic nitrogens is 2. The van der Waals surface area contributed by atoms with E-state index in [4.69, 9.17) is 30.6 Å². The maximum atomic E-state index is 14.1. The lowest BCUT2D eigenvalue weighted by molar-refractivity contribution is -0.123. The molecule has 3 heterocycles. The van der Waals surface area contributed by atoms with Crippen molar-refractivity contribution in [2.45, 2.75) is 25.6 Å². The van der Waals surface area contributed by atoms with Crippen LogP contribution in [0.5, 0.6) is 11.5 Å². The quantitative estimate of drug-likeness (QED) is 0.184. The molecule has 1 aliphatic heterocycles. The third kappa shape index (κ3) is 5.98. The van der Waals surface area contributed by atoms with Crippen molar-refractivity contribution in [1.29, 1.82) is 0 Å². The normalized spacial score (nSPS) is 14.5. The fourth-order valence-electron chi connectivity index (χ4n) is 5.73. The van der Waals surface area contributed by atoms with Crippen LogP contribution in [0.15, 0.2) is 83.5 Å². The van der Waals surface area contributed by atoms with Crippen LogP contribution in [0.25, 0.3) is 16.9 Å². The van der Waals surface area contributed by atoms with Gasteiger partial charge in [0.15, 0.2) is 0 Å². The molecule has 2 aromatic heterocycles. The minimum atomic E-state index is -0.423. The van der Waals surface area contributed by atoms with E-state index in [0.717, 1.165) is 22.4 Å². The van der Waals surface area contributed by atoms with Crippen molar-refractivity contribution in [2.75, 3.05) is 31.4 Å². The highest BCUT2D eigenvalue weighted by molar-refractivity contribution is 8.00. The van der Waals surface area contributed by atoms with E-state index < -0.39 is 5.25 Å². The van der Waals surface area contributed by atoms with Gasteiger partial charge in [-0.15, -0.1) is 11.8 Å². The van der Waals surface area contributed by atoms with E-state index in [0.29, 0.717) is 44.9 Å². The first-order valence-corrected chi connectivity index (χ1v) is 16.1. The Balaban J connectivity index is 1.64. The average molecular weight is 657 g/mol. The second-order valence-electron chi connectivity index (χ2n) is 10.9. The van der Waals surface area contributed by atoms with Gasteiger partial charge in [-0.2, -0.15) is 5.10 Å². The number of ether oxygens (including phenoxy) is 2. The summed E-state index contributed by atoms with van der Waals surface area (Å²) in [5.41, 5.74) is 5.51. The topological polar surface area (TPSA) is 98.8 Å². The number of halogens is 1. The van der Waals surface area contributed by atoms with Gasteiger partial charge in [-0.25, -0.2) is 4.68 Å². The van der Waals surface area contributed by atoms with Crippen molar-refractivity contribution >= 4 is 41.0 Å². The van der Waals surface area contributed by atoms with E-state index in [2.05, 4.69) is 11.4 Å². The van der Waals surface area contributed by atoms with Crippen LogP contribution < -0.4 is 19.7 Å². The Kier molecular flexibility index (Phi) is 9.10. The molecule has 3 aromatic carbocycles. The number of aryl methyl sites for hydroxylation is 2. The maximum absolute atomic E-state index is 14.1. The van der Waals surface area contributed by atoms with Crippen molar-refractivity contribution in [3.05, 3.63) is 112 Å². The lowest BCUT2D eigenvalue weighted by atomic mass is 9.98. The second kappa shape index (κ2) is 13.4. The van der Waals surface area contributed by atoms with Gasteiger partial charge >= 0.3 is 0 Å². The number of carbonyl (C=O) groups is 2. The first kappa shape index (κ1) is 31.3. The van der Waals surface area contributed by atoms with Crippen LogP contribution in [-0.4, -0.2) is 48.1 Å². The zero-order chi connectivity index (χ0) is 32.4. The summed E-state index contributed by atoms with van der Waals surface area (Å²) in [6.45, 7) is 3.98. The molecule has 0 aliphatic carbocycles. The van der Waals surface area contributed by atoms with Crippen molar-refractivity contribution < 1.29 is 23.5 Å². The lowest BCUT2D eigenvalue weighted by Gasteiger charge is -2.24. The number of benzene rings is 3. The van der Waals surface area contributed by atoms with Gasteiger partial charge in [0.1, 0.15) is 35.3 Å². The zero-order valence-corrected chi connectivity index (χ0v) is 27.4. The highest BCUT2D eigenvalue weighted by Gasteiger charge is 2.39. The number of thioether (sulfide) groups is 1. The summed E-state index contributed by atoms with van der Waals surface area (Å²) in [5.74, 6) is 1.70. The fourth-order valence-corrected chi connectivity index (χ4v) is 7.27. The number of methoxy groups -OCH3 is 2. The van der Waals surface area contributed by atoms with Crippen LogP contribution in [0.4, 0.5) is 5.82 Å². The Labute approximate surface area is 276 Å². The molecule has 236 valence electrons. The molecular weight excluding hydrogens is 624 g/mol. The molecule has 0 spiro atoms. The number of anilines is 1. The van der Waals surface area contributed by atoms with E-state index >= 15 is 0 Å². The molecule has 0 saturated heterocycles. The van der Waals surface area contributed by atoms with Crippen LogP contribution in [0.1, 0.15) is 33.3 Å². The molecule has 2 amide bonds. The highest BCUT2D eigenvalue weighted by atomic mass is 35.5. The van der Waals surface area contributed by atoms with Gasteiger partial charge < -0.3 is 19.2 Å². The minimum absolute atomic E-state index is 0.103. The van der Waals surface area contributed by atoms with E-state index in [1.807, 2.05) is 68.4 Å². The highest BCUT2D eigenvalue weighted by Crippen LogP contribution is 2.52. The van der Waals surface area contributed by atoms with Gasteiger partial charge in [-0.1, -0.05) is 53.6 Å². The van der Waals surface area contributed by atoms with Crippen LogP contribution in [0.3, 0.4) is 0 Å². The number of hydrogen-bond donors (Lipinski definition) is 1. The Morgan fingerprint density at radius 2 is 1.80 bits per heavy atom. The maximum Gasteiger partial charge on any atom is 0.240 e. The number of rotatable bonds is 9. The fraction of sp³-hybridized carbons (Fsp3) is 0.229. The molecule has 0 bridgehead atoms. The van der Waals surface area contributed by atoms with E-state index in [-0.39, 0.29) is 30.7 Å². The van der Waals surface area contributed by atoms with Gasteiger partial charge in [0.25, 0.3) is 0 Å². The Hall–Kier alpha value is -4.67. The summed E-state index contributed by atoms with van der Waals surface area (Å²) in [4.78, 5) is 29.1. The standard InChI is InChI=1S/C35H33ClN4O5S/c1-21-14-15-26(22(2)17-21)40-35-32(33(38-40)31-27(43-3)12-7-13-28(31)44-4)34(24-10-5-6-11-25(24)36)46-20-30(42)39(35)19-29(41)37-18-23-9-8-16-45-23/h5-17,34H,18-20H2,1-4H3,(H,37,41)/t34-/m1/s1. The molecule has 5 aromatic rings. The summed E-state index contributed by atoms with van der Waals surface area (Å²) in [6.07, 6.45) is 1.55. The molecule has 9 nitrogen and oxygen atoms in total. The summed E-state index contributed by atoms with van der Waals surface area (Å²) in [7, 11) is 3.19. The molecule has 11 heteroatoms. The summed E-state index contributed by atoms with van der Waals surface area (Å²) in [5, 5.41) is 8.24. The van der Waals surface area contributed by atoms with Crippen LogP contribution in [0, 0.1) is 13.8 Å². The molecule has 0 saturated carbocycles. The van der Waals surface area contributed by atoms with Crippen LogP contribution in [-0.2, 0) is 16.1 Å². The number of amides is 2. The van der Waals surface area contributed by atoms with Crippen molar-refractivity contribution in [3.8, 4) is 28.4 Å². The Bertz CT molecular complexity index is 1880. The first-order chi connectivity index (χ1) is 22.3. The van der Waals surface area contributed by atoms with E-state index in [1.54, 1.807) is 37.3 Å². The van der Waals surface area contributed by atoms with E-state index in [9.17, 15) is 9.59 Å². The van der Waals surface area contributed by atoms with E-state index in [1.165, 1.54) is 16.7 Å². The second-order valence-corrected chi connectivity index (χ2v) is 12.4.